The molecule has 0 aliphatic rings. The molecule has 2 aromatic carbocycles. The first kappa shape index (κ1) is 22.2. The largest absolute Gasteiger partial charge is 0.493 e. The zero-order valence-corrected chi connectivity index (χ0v) is 18.5. The van der Waals surface area contributed by atoms with Crippen molar-refractivity contribution < 1.29 is 23.8 Å². The number of carbonyl (C=O) groups excluding carboxylic acids is 2. The number of carbonyl (C=O) groups is 2. The minimum atomic E-state index is -0.648. The maximum absolute atomic E-state index is 12.9. The Kier molecular flexibility index (Phi) is 7.14. The van der Waals surface area contributed by atoms with Gasteiger partial charge in [-0.25, -0.2) is 4.68 Å². The third-order valence-corrected chi connectivity index (χ3v) is 4.75. The average Bonchev–Trinajstić information content (AvgIpc) is 3.17. The Labute approximate surface area is 187 Å². The summed E-state index contributed by atoms with van der Waals surface area (Å²) in [5.74, 6) is 0.123. The van der Waals surface area contributed by atoms with Crippen LogP contribution in [0.15, 0.2) is 53.1 Å². The number of rotatable bonds is 9. The van der Waals surface area contributed by atoms with Gasteiger partial charge in [0.05, 0.1) is 27.0 Å². The SMILES string of the molecule is COc1cc(C(=O)Nc2ccnn2Cc2cccc(Br)c2)cc(OC)c1OCC(N)=O. The van der Waals surface area contributed by atoms with Crippen LogP contribution in [0, 0.1) is 0 Å². The van der Waals surface area contributed by atoms with Crippen LogP contribution in [0.2, 0.25) is 0 Å². The Balaban J connectivity index is 1.82. The molecule has 0 saturated heterocycles. The molecule has 0 saturated carbocycles. The summed E-state index contributed by atoms with van der Waals surface area (Å²) in [5, 5.41) is 7.12. The number of benzene rings is 2. The summed E-state index contributed by atoms with van der Waals surface area (Å²) in [6.45, 7) is 0.127. The van der Waals surface area contributed by atoms with E-state index in [1.54, 1.807) is 16.9 Å². The van der Waals surface area contributed by atoms with Crippen molar-refractivity contribution in [1.29, 1.82) is 0 Å². The lowest BCUT2D eigenvalue weighted by molar-refractivity contribution is -0.120. The molecule has 0 aliphatic carbocycles. The van der Waals surface area contributed by atoms with E-state index >= 15 is 0 Å². The van der Waals surface area contributed by atoms with Crippen molar-refractivity contribution in [3.05, 3.63) is 64.3 Å². The molecule has 0 unspecified atom stereocenters. The highest BCUT2D eigenvalue weighted by Crippen LogP contribution is 2.38. The fourth-order valence-corrected chi connectivity index (χ4v) is 3.30. The van der Waals surface area contributed by atoms with Gasteiger partial charge in [0.25, 0.3) is 11.8 Å². The first-order valence-corrected chi connectivity index (χ1v) is 9.95. The minimum Gasteiger partial charge on any atom is -0.493 e. The number of halogens is 1. The van der Waals surface area contributed by atoms with Gasteiger partial charge in [-0.1, -0.05) is 28.1 Å². The van der Waals surface area contributed by atoms with Crippen molar-refractivity contribution in [2.75, 3.05) is 26.1 Å². The van der Waals surface area contributed by atoms with E-state index in [0.29, 0.717) is 12.4 Å². The molecule has 0 bridgehead atoms. The van der Waals surface area contributed by atoms with Gasteiger partial charge in [0.1, 0.15) is 5.82 Å². The Hall–Kier alpha value is -3.53. The quantitative estimate of drug-likeness (QED) is 0.478. The number of nitrogens with two attached hydrogens (primary N) is 1. The smallest absolute Gasteiger partial charge is 0.257 e. The van der Waals surface area contributed by atoms with Crippen molar-refractivity contribution >= 4 is 33.6 Å². The van der Waals surface area contributed by atoms with Crippen LogP contribution < -0.4 is 25.3 Å². The average molecular weight is 489 g/mol. The molecule has 1 aromatic heterocycles. The Morgan fingerprint density at radius 3 is 2.45 bits per heavy atom. The molecule has 1 heterocycles. The third-order valence-electron chi connectivity index (χ3n) is 4.26. The number of methoxy groups -OCH3 is 2. The monoisotopic (exact) mass is 488 g/mol. The highest BCUT2D eigenvalue weighted by Gasteiger charge is 2.19. The van der Waals surface area contributed by atoms with Gasteiger partial charge in [0.2, 0.25) is 5.75 Å². The fourth-order valence-electron chi connectivity index (χ4n) is 2.86. The van der Waals surface area contributed by atoms with E-state index in [2.05, 4.69) is 26.3 Å². The molecule has 31 heavy (non-hydrogen) atoms. The van der Waals surface area contributed by atoms with Crippen LogP contribution in [0.25, 0.3) is 0 Å². The molecule has 0 fully saturated rings. The number of aromatic nitrogens is 2. The van der Waals surface area contributed by atoms with Gasteiger partial charge in [-0.15, -0.1) is 0 Å². The van der Waals surface area contributed by atoms with Crippen LogP contribution in [0.3, 0.4) is 0 Å². The summed E-state index contributed by atoms with van der Waals surface area (Å²) < 4.78 is 18.6. The summed E-state index contributed by atoms with van der Waals surface area (Å²) >= 11 is 3.45. The lowest BCUT2D eigenvalue weighted by Crippen LogP contribution is -2.21. The summed E-state index contributed by atoms with van der Waals surface area (Å²) in [5.41, 5.74) is 6.43. The summed E-state index contributed by atoms with van der Waals surface area (Å²) in [6, 6.07) is 12.5. The molecule has 0 spiro atoms. The van der Waals surface area contributed by atoms with Crippen LogP contribution in [0.5, 0.6) is 17.2 Å². The third kappa shape index (κ3) is 5.54. The second kappa shape index (κ2) is 9.98. The van der Waals surface area contributed by atoms with Gasteiger partial charge in [-0.3, -0.25) is 9.59 Å². The topological polar surface area (TPSA) is 118 Å². The van der Waals surface area contributed by atoms with Gasteiger partial charge in [0, 0.05) is 16.1 Å². The molecule has 3 rings (SSSR count). The molecule has 10 heteroatoms. The molecule has 9 nitrogen and oxygen atoms in total. The maximum Gasteiger partial charge on any atom is 0.257 e. The van der Waals surface area contributed by atoms with Gasteiger partial charge < -0.3 is 25.3 Å². The van der Waals surface area contributed by atoms with Crippen LogP contribution >= 0.6 is 15.9 Å². The molecule has 3 aromatic rings. The van der Waals surface area contributed by atoms with Crippen LogP contribution in [-0.4, -0.2) is 42.4 Å². The Morgan fingerprint density at radius 2 is 1.84 bits per heavy atom. The maximum atomic E-state index is 12.9. The molecule has 3 N–H and O–H groups in total. The van der Waals surface area contributed by atoms with Crippen molar-refractivity contribution in [3.63, 3.8) is 0 Å². The molecular formula is C21H21BrN4O5. The molecule has 0 aliphatic heterocycles. The predicted molar refractivity (Wildman–Crippen MR) is 118 cm³/mol. The highest BCUT2D eigenvalue weighted by atomic mass is 79.9. The molecular weight excluding hydrogens is 468 g/mol. The predicted octanol–water partition coefficient (Wildman–Crippen LogP) is 2.83. The molecule has 162 valence electrons. The standard InChI is InChI=1S/C21H21BrN4O5/c1-29-16-9-14(10-17(30-2)20(16)31-12-18(23)27)21(28)25-19-6-7-24-26(19)11-13-4-3-5-15(22)8-13/h3-10H,11-12H2,1-2H3,(H2,23,27)(H,25,28). The van der Waals surface area contributed by atoms with Crippen LogP contribution in [0.1, 0.15) is 15.9 Å². The molecule has 2 amide bonds. The summed E-state index contributed by atoms with van der Waals surface area (Å²) in [6.07, 6.45) is 1.61. The van der Waals surface area contributed by atoms with E-state index in [4.69, 9.17) is 19.9 Å². The number of hydrogen-bond acceptors (Lipinski definition) is 6. The van der Waals surface area contributed by atoms with Gasteiger partial charge in [-0.2, -0.15) is 5.10 Å². The number of amides is 2. The van der Waals surface area contributed by atoms with Crippen molar-refractivity contribution in [2.24, 2.45) is 5.73 Å². The van der Waals surface area contributed by atoms with Gasteiger partial charge in [0.15, 0.2) is 18.1 Å². The Bertz CT molecular complexity index is 1070. The van der Waals surface area contributed by atoms with Gasteiger partial charge >= 0.3 is 0 Å². The highest BCUT2D eigenvalue weighted by molar-refractivity contribution is 9.10. The van der Waals surface area contributed by atoms with E-state index in [1.807, 2.05) is 24.3 Å². The van der Waals surface area contributed by atoms with Crippen molar-refractivity contribution in [1.82, 2.24) is 9.78 Å². The van der Waals surface area contributed by atoms with E-state index in [-0.39, 0.29) is 29.4 Å². The fraction of sp³-hybridized carbons (Fsp3) is 0.190. The van der Waals surface area contributed by atoms with Crippen molar-refractivity contribution in [2.45, 2.75) is 6.54 Å². The summed E-state index contributed by atoms with van der Waals surface area (Å²) in [4.78, 5) is 23.9. The van der Waals surface area contributed by atoms with Crippen LogP contribution in [-0.2, 0) is 11.3 Å². The minimum absolute atomic E-state index is 0.181. The number of ether oxygens (including phenoxy) is 3. The number of hydrogen-bond donors (Lipinski definition) is 2. The summed E-state index contributed by atoms with van der Waals surface area (Å²) in [7, 11) is 2.83. The lowest BCUT2D eigenvalue weighted by atomic mass is 10.1. The zero-order chi connectivity index (χ0) is 22.4. The van der Waals surface area contributed by atoms with E-state index in [9.17, 15) is 9.59 Å². The second-order valence-electron chi connectivity index (χ2n) is 6.42. The number of primary amides is 1. The van der Waals surface area contributed by atoms with Gasteiger partial charge in [-0.05, 0) is 29.8 Å². The first-order valence-electron chi connectivity index (χ1n) is 9.16. The van der Waals surface area contributed by atoms with Crippen LogP contribution in [0.4, 0.5) is 5.82 Å². The van der Waals surface area contributed by atoms with E-state index in [1.165, 1.54) is 26.4 Å². The number of nitrogens with zero attached hydrogens (tertiary/aromatic N) is 2. The van der Waals surface area contributed by atoms with E-state index in [0.717, 1.165) is 10.0 Å². The zero-order valence-electron chi connectivity index (χ0n) is 16.9. The molecule has 0 atom stereocenters. The lowest BCUT2D eigenvalue weighted by Gasteiger charge is -2.15. The normalized spacial score (nSPS) is 10.4. The Morgan fingerprint density at radius 1 is 1.13 bits per heavy atom. The van der Waals surface area contributed by atoms with Crippen molar-refractivity contribution in [3.8, 4) is 17.2 Å². The molecule has 0 radical (unpaired) electrons. The first-order chi connectivity index (χ1) is 14.9. The number of nitrogens with one attached hydrogen (secondary N) is 1. The number of anilines is 1. The van der Waals surface area contributed by atoms with E-state index < -0.39 is 11.8 Å². The second-order valence-corrected chi connectivity index (χ2v) is 7.34.